The molecule has 1 N–H and O–H groups in total. The smallest absolute Gasteiger partial charge is 0.0596 e. The molecule has 0 saturated carbocycles. The molecule has 106 valence electrons. The summed E-state index contributed by atoms with van der Waals surface area (Å²) < 4.78 is 2.07. The average molecular weight is 269 g/mol. The highest BCUT2D eigenvalue weighted by Gasteiger charge is 2.00. The normalized spacial score (nSPS) is 10.7. The number of aromatic nitrogens is 2. The number of nitrogens with one attached hydrogen (secondary N) is 1. The van der Waals surface area contributed by atoms with E-state index >= 15 is 0 Å². The van der Waals surface area contributed by atoms with Crippen LogP contribution in [0.4, 0.5) is 0 Å². The van der Waals surface area contributed by atoms with E-state index in [0.29, 0.717) is 0 Å². The van der Waals surface area contributed by atoms with Gasteiger partial charge in [0.15, 0.2) is 0 Å². The van der Waals surface area contributed by atoms with Crippen LogP contribution < -0.4 is 5.32 Å². The summed E-state index contributed by atoms with van der Waals surface area (Å²) in [7, 11) is 0. The summed E-state index contributed by atoms with van der Waals surface area (Å²) in [5.41, 5.74) is 4.67. The molecule has 0 aliphatic rings. The molecule has 1 heterocycles. The molecule has 2 aromatic rings. The molecule has 3 nitrogen and oxygen atoms in total. The quantitative estimate of drug-likeness (QED) is 0.782. The van der Waals surface area contributed by atoms with Crippen LogP contribution in [-0.2, 0) is 6.54 Å². The van der Waals surface area contributed by atoms with E-state index in [9.17, 15) is 0 Å². The van der Waals surface area contributed by atoms with E-state index in [2.05, 4.69) is 46.8 Å². The second-order valence-electron chi connectivity index (χ2n) is 5.15. The Labute approximate surface area is 121 Å². The maximum atomic E-state index is 4.46. The zero-order chi connectivity index (χ0) is 14.4. The van der Waals surface area contributed by atoms with Crippen molar-refractivity contribution in [3.63, 3.8) is 0 Å². The Kier molecular flexibility index (Phi) is 5.13. The number of benzene rings is 1. The van der Waals surface area contributed by atoms with E-state index in [4.69, 9.17) is 0 Å². The number of hydrogen-bond donors (Lipinski definition) is 1. The lowest BCUT2D eigenvalue weighted by Gasteiger charge is -2.08. The van der Waals surface area contributed by atoms with Gasteiger partial charge in [-0.25, -0.2) is 0 Å². The molecule has 1 aromatic heterocycles. The van der Waals surface area contributed by atoms with E-state index in [-0.39, 0.29) is 0 Å². The molecule has 0 radical (unpaired) electrons. The molecule has 0 fully saturated rings. The molecule has 2 rings (SSSR count). The highest BCUT2D eigenvalue weighted by Crippen LogP contribution is 2.09. The molecule has 1 aromatic carbocycles. The van der Waals surface area contributed by atoms with E-state index in [1.165, 1.54) is 11.3 Å². The van der Waals surface area contributed by atoms with Crippen molar-refractivity contribution in [1.82, 2.24) is 15.1 Å². The highest BCUT2D eigenvalue weighted by atomic mass is 15.3. The number of aryl methyl sites for hydroxylation is 3. The molecule has 0 saturated heterocycles. The molecule has 0 aliphatic heterocycles. The van der Waals surface area contributed by atoms with Crippen molar-refractivity contribution >= 4 is 5.57 Å². The van der Waals surface area contributed by atoms with Crippen LogP contribution in [0.2, 0.25) is 0 Å². The molecule has 0 aliphatic carbocycles. The summed E-state index contributed by atoms with van der Waals surface area (Å²) in [6.07, 6.45) is 1.07. The largest absolute Gasteiger partial charge is 0.313 e. The van der Waals surface area contributed by atoms with Crippen molar-refractivity contribution in [2.24, 2.45) is 0 Å². The molecule has 0 atom stereocenters. The summed E-state index contributed by atoms with van der Waals surface area (Å²) in [4.78, 5) is 0. The predicted octanol–water partition coefficient (Wildman–Crippen LogP) is 3.19. The summed E-state index contributed by atoms with van der Waals surface area (Å²) in [5.74, 6) is 0. The Balaban J connectivity index is 1.67. The molecule has 0 amide bonds. The van der Waals surface area contributed by atoms with Crippen LogP contribution in [0.3, 0.4) is 0 Å². The third kappa shape index (κ3) is 4.07. The average Bonchev–Trinajstić information content (AvgIpc) is 2.77. The van der Waals surface area contributed by atoms with Crippen molar-refractivity contribution in [3.05, 3.63) is 59.9 Å². The van der Waals surface area contributed by atoms with Gasteiger partial charge in [-0.1, -0.05) is 36.9 Å². The van der Waals surface area contributed by atoms with E-state index in [1.54, 1.807) is 0 Å². The zero-order valence-electron chi connectivity index (χ0n) is 12.4. The molecular weight excluding hydrogens is 246 g/mol. The Hall–Kier alpha value is -1.87. The second kappa shape index (κ2) is 7.06. The predicted molar refractivity (Wildman–Crippen MR) is 84.7 cm³/mol. The van der Waals surface area contributed by atoms with Gasteiger partial charge in [-0.15, -0.1) is 0 Å². The fourth-order valence-corrected chi connectivity index (χ4v) is 2.27. The Morgan fingerprint density at radius 3 is 2.65 bits per heavy atom. The lowest BCUT2D eigenvalue weighted by Crippen LogP contribution is -2.19. The Bertz CT molecular complexity index is 555. The number of rotatable bonds is 7. The molecule has 0 spiro atoms. The van der Waals surface area contributed by atoms with Crippen LogP contribution in [0.1, 0.15) is 23.4 Å². The molecule has 0 bridgehead atoms. The first-order valence-corrected chi connectivity index (χ1v) is 7.12. The maximum Gasteiger partial charge on any atom is 0.0596 e. The summed E-state index contributed by atoms with van der Waals surface area (Å²) in [6, 6.07) is 12.4. The fourth-order valence-electron chi connectivity index (χ4n) is 2.27. The third-order valence-electron chi connectivity index (χ3n) is 3.35. The minimum atomic E-state index is 0.834. The van der Waals surface area contributed by atoms with Gasteiger partial charge in [0.25, 0.3) is 0 Å². The van der Waals surface area contributed by atoms with Crippen LogP contribution >= 0.6 is 0 Å². The minimum absolute atomic E-state index is 0.834. The van der Waals surface area contributed by atoms with Crippen molar-refractivity contribution in [1.29, 1.82) is 0 Å². The number of hydrogen-bond acceptors (Lipinski definition) is 2. The summed E-state index contributed by atoms with van der Waals surface area (Å²) >= 11 is 0. The van der Waals surface area contributed by atoms with Gasteiger partial charge < -0.3 is 5.32 Å². The summed E-state index contributed by atoms with van der Waals surface area (Å²) in [6.45, 7) is 11.0. The molecule has 3 heteroatoms. The SMILES string of the molecule is C=C(CNCCCn1nc(C)cc1C)c1ccccc1. The van der Waals surface area contributed by atoms with Crippen LogP contribution in [0, 0.1) is 13.8 Å². The van der Waals surface area contributed by atoms with Gasteiger partial charge in [-0.3, -0.25) is 4.68 Å². The van der Waals surface area contributed by atoms with Gasteiger partial charge in [0, 0.05) is 18.8 Å². The minimum Gasteiger partial charge on any atom is -0.313 e. The lowest BCUT2D eigenvalue weighted by atomic mass is 10.1. The van der Waals surface area contributed by atoms with Gasteiger partial charge in [-0.05, 0) is 44.0 Å². The first kappa shape index (κ1) is 14.5. The molecule has 0 unspecified atom stereocenters. The van der Waals surface area contributed by atoms with E-state index in [1.807, 2.05) is 25.1 Å². The number of nitrogens with zero attached hydrogens (tertiary/aromatic N) is 2. The van der Waals surface area contributed by atoms with Crippen LogP contribution in [0.15, 0.2) is 43.0 Å². The van der Waals surface area contributed by atoms with Gasteiger partial charge in [0.2, 0.25) is 0 Å². The van der Waals surface area contributed by atoms with Gasteiger partial charge >= 0.3 is 0 Å². The monoisotopic (exact) mass is 269 g/mol. The molecular formula is C17H23N3. The maximum absolute atomic E-state index is 4.46. The van der Waals surface area contributed by atoms with Crippen molar-refractivity contribution in [2.45, 2.75) is 26.8 Å². The van der Waals surface area contributed by atoms with Crippen LogP contribution in [-0.4, -0.2) is 22.9 Å². The van der Waals surface area contributed by atoms with E-state index < -0.39 is 0 Å². The van der Waals surface area contributed by atoms with Crippen molar-refractivity contribution in [3.8, 4) is 0 Å². The zero-order valence-corrected chi connectivity index (χ0v) is 12.4. The second-order valence-corrected chi connectivity index (χ2v) is 5.15. The fraction of sp³-hybridized carbons (Fsp3) is 0.353. The van der Waals surface area contributed by atoms with E-state index in [0.717, 1.165) is 37.3 Å². The van der Waals surface area contributed by atoms with Crippen LogP contribution in [0.5, 0.6) is 0 Å². The third-order valence-corrected chi connectivity index (χ3v) is 3.35. The first-order valence-electron chi connectivity index (χ1n) is 7.12. The van der Waals surface area contributed by atoms with Crippen molar-refractivity contribution < 1.29 is 0 Å². The standard InChI is InChI=1S/C17H23N3/c1-14(17-8-5-4-6-9-17)13-18-10-7-11-20-16(3)12-15(2)19-20/h4-6,8-9,12,18H,1,7,10-11,13H2,2-3H3. The topological polar surface area (TPSA) is 29.9 Å². The van der Waals surface area contributed by atoms with Gasteiger partial charge in [0.1, 0.15) is 0 Å². The van der Waals surface area contributed by atoms with Crippen molar-refractivity contribution in [2.75, 3.05) is 13.1 Å². The Morgan fingerprint density at radius 2 is 2.00 bits per heavy atom. The molecule has 20 heavy (non-hydrogen) atoms. The van der Waals surface area contributed by atoms with Gasteiger partial charge in [-0.2, -0.15) is 5.10 Å². The first-order chi connectivity index (χ1) is 9.66. The van der Waals surface area contributed by atoms with Gasteiger partial charge in [0.05, 0.1) is 5.69 Å². The van der Waals surface area contributed by atoms with Crippen LogP contribution in [0.25, 0.3) is 5.57 Å². The highest BCUT2D eigenvalue weighted by molar-refractivity contribution is 5.64. The lowest BCUT2D eigenvalue weighted by molar-refractivity contribution is 0.543. The Morgan fingerprint density at radius 1 is 1.25 bits per heavy atom. The summed E-state index contributed by atoms with van der Waals surface area (Å²) in [5, 5.41) is 7.90.